The molecule has 1 aromatic heterocycles. The summed E-state index contributed by atoms with van der Waals surface area (Å²) in [4.78, 5) is 36.0. The predicted octanol–water partition coefficient (Wildman–Crippen LogP) is 3.89. The minimum atomic E-state index is -0.865. The van der Waals surface area contributed by atoms with Gasteiger partial charge in [0.2, 0.25) is 5.91 Å². The van der Waals surface area contributed by atoms with Gasteiger partial charge in [0.25, 0.3) is 5.91 Å². The Kier molecular flexibility index (Phi) is 7.61. The highest BCUT2D eigenvalue weighted by atomic mass is 32.2. The van der Waals surface area contributed by atoms with Crippen LogP contribution in [0.1, 0.15) is 23.2 Å². The third kappa shape index (κ3) is 6.16. The summed E-state index contributed by atoms with van der Waals surface area (Å²) in [6.45, 7) is 0. The number of methoxy groups -OCH3 is 1. The summed E-state index contributed by atoms with van der Waals surface area (Å²) < 4.78 is 17.2. The van der Waals surface area contributed by atoms with Gasteiger partial charge in [0.15, 0.2) is 0 Å². The van der Waals surface area contributed by atoms with Gasteiger partial charge in [-0.1, -0.05) is 0 Å². The highest BCUT2D eigenvalue weighted by Gasteiger charge is 2.17. The molecule has 0 saturated heterocycles. The van der Waals surface area contributed by atoms with E-state index >= 15 is 0 Å². The summed E-state index contributed by atoms with van der Waals surface area (Å²) in [6.07, 6.45) is 0.0453. The first-order valence-corrected chi connectivity index (χ1v) is 9.51. The molecule has 0 aliphatic carbocycles. The number of halogens is 1. The Morgan fingerprint density at radius 3 is 2.62 bits per heavy atom. The maximum Gasteiger partial charge on any atom is 0.413 e. The summed E-state index contributed by atoms with van der Waals surface area (Å²) in [5.74, 6) is -0.435. The Labute approximate surface area is 158 Å². The zero-order chi connectivity index (χ0) is 18.9. The van der Waals surface area contributed by atoms with E-state index in [-0.39, 0.29) is 23.7 Å². The Morgan fingerprint density at radius 1 is 1.19 bits per heavy atom. The van der Waals surface area contributed by atoms with Crippen molar-refractivity contribution in [1.29, 1.82) is 0 Å². The number of nitrogens with one attached hydrogen (secondary N) is 2. The van der Waals surface area contributed by atoms with Crippen LogP contribution in [0.15, 0.2) is 40.6 Å². The second kappa shape index (κ2) is 9.93. The number of benzene rings is 1. The minimum Gasteiger partial charge on any atom is -0.453 e. The van der Waals surface area contributed by atoms with E-state index in [0.717, 1.165) is 12.0 Å². The van der Waals surface area contributed by atoms with Crippen molar-refractivity contribution in [2.24, 2.45) is 0 Å². The molecule has 0 radical (unpaired) electrons. The number of hydrogen-bond acceptors (Lipinski definition) is 6. The Bertz CT molecular complexity index is 777. The maximum atomic E-state index is 12.8. The van der Waals surface area contributed by atoms with E-state index in [1.165, 1.54) is 41.3 Å². The van der Waals surface area contributed by atoms with E-state index in [1.807, 2.05) is 5.32 Å². The summed E-state index contributed by atoms with van der Waals surface area (Å²) in [5.41, 5.74) is 0.203. The molecule has 3 amide bonds. The molecule has 0 spiro atoms. The van der Waals surface area contributed by atoms with E-state index in [9.17, 15) is 18.8 Å². The van der Waals surface area contributed by atoms with Gasteiger partial charge in [0.1, 0.15) is 10.8 Å². The van der Waals surface area contributed by atoms with Gasteiger partial charge >= 0.3 is 6.09 Å². The van der Waals surface area contributed by atoms with Crippen molar-refractivity contribution in [3.8, 4) is 0 Å². The summed E-state index contributed by atoms with van der Waals surface area (Å²) >= 11 is 2.73. The van der Waals surface area contributed by atoms with Crippen LogP contribution in [0.3, 0.4) is 0 Å². The van der Waals surface area contributed by atoms with Crippen LogP contribution in [0.4, 0.5) is 14.2 Å². The number of thioether (sulfide) groups is 1. The smallest absolute Gasteiger partial charge is 0.413 e. The first-order valence-electron chi connectivity index (χ1n) is 7.64. The van der Waals surface area contributed by atoms with E-state index in [2.05, 4.69) is 10.1 Å². The first kappa shape index (κ1) is 19.9. The SMILES string of the molecule is COC(=O)NC(=O)c1ccsc1NC(=O)CCCSc1ccc(F)cc1. The molecule has 2 aromatic rings. The number of amides is 3. The van der Waals surface area contributed by atoms with Gasteiger partial charge in [-0.15, -0.1) is 23.1 Å². The highest BCUT2D eigenvalue weighted by Crippen LogP contribution is 2.24. The van der Waals surface area contributed by atoms with Crippen molar-refractivity contribution in [3.05, 3.63) is 47.1 Å². The number of carbonyl (C=O) groups is 3. The number of alkyl carbamates (subject to hydrolysis) is 1. The molecular weight excluding hydrogens is 379 g/mol. The predicted molar refractivity (Wildman–Crippen MR) is 99.2 cm³/mol. The maximum absolute atomic E-state index is 12.8. The Morgan fingerprint density at radius 2 is 1.92 bits per heavy atom. The molecule has 0 aliphatic rings. The molecule has 6 nitrogen and oxygen atoms in total. The van der Waals surface area contributed by atoms with Gasteiger partial charge in [-0.2, -0.15) is 0 Å². The lowest BCUT2D eigenvalue weighted by Crippen LogP contribution is -2.30. The average Bonchev–Trinajstić information content (AvgIpc) is 3.08. The van der Waals surface area contributed by atoms with E-state index in [4.69, 9.17) is 0 Å². The molecule has 0 fully saturated rings. The number of thiophene rings is 1. The molecule has 0 unspecified atom stereocenters. The molecule has 138 valence electrons. The topological polar surface area (TPSA) is 84.5 Å². The molecule has 1 aromatic carbocycles. The van der Waals surface area contributed by atoms with E-state index < -0.39 is 12.0 Å². The molecule has 2 N–H and O–H groups in total. The van der Waals surface area contributed by atoms with Crippen LogP contribution in [-0.4, -0.2) is 30.8 Å². The third-order valence-corrected chi connectivity index (χ3v) is 5.12. The van der Waals surface area contributed by atoms with Gasteiger partial charge in [-0.25, -0.2) is 9.18 Å². The lowest BCUT2D eigenvalue weighted by atomic mass is 10.3. The number of imide groups is 1. The van der Waals surface area contributed by atoms with E-state index in [0.29, 0.717) is 17.2 Å². The standard InChI is InChI=1S/C17H17FN2O4S2/c1-24-17(23)20-15(22)13-8-10-26-16(13)19-14(21)3-2-9-25-12-6-4-11(18)5-7-12/h4-8,10H,2-3,9H2,1H3,(H,19,21)(H,20,22,23). The van der Waals surface area contributed by atoms with Crippen molar-refractivity contribution < 1.29 is 23.5 Å². The van der Waals surface area contributed by atoms with Gasteiger partial charge in [0, 0.05) is 11.3 Å². The van der Waals surface area contributed by atoms with Crippen molar-refractivity contribution >= 4 is 46.0 Å². The molecule has 0 saturated carbocycles. The molecule has 2 rings (SSSR count). The molecule has 1 heterocycles. The van der Waals surface area contributed by atoms with Crippen LogP contribution in [0, 0.1) is 5.82 Å². The van der Waals surface area contributed by atoms with Crippen LogP contribution in [0.5, 0.6) is 0 Å². The monoisotopic (exact) mass is 396 g/mol. The number of ether oxygens (including phenoxy) is 1. The van der Waals surface area contributed by atoms with Crippen LogP contribution >= 0.6 is 23.1 Å². The lowest BCUT2D eigenvalue weighted by molar-refractivity contribution is -0.116. The fourth-order valence-corrected chi connectivity index (χ4v) is 3.59. The fraction of sp³-hybridized carbons (Fsp3) is 0.235. The number of anilines is 1. The Hall–Kier alpha value is -2.39. The van der Waals surface area contributed by atoms with Crippen LogP contribution < -0.4 is 10.6 Å². The van der Waals surface area contributed by atoms with Gasteiger partial charge in [-0.05, 0) is 47.9 Å². The lowest BCUT2D eigenvalue weighted by Gasteiger charge is -2.06. The second-order valence-corrected chi connectivity index (χ2v) is 7.15. The largest absolute Gasteiger partial charge is 0.453 e. The summed E-state index contributed by atoms with van der Waals surface area (Å²) in [7, 11) is 1.16. The van der Waals surface area contributed by atoms with Gasteiger partial charge in [0.05, 0.1) is 12.7 Å². The second-order valence-electron chi connectivity index (χ2n) is 5.06. The molecule has 26 heavy (non-hydrogen) atoms. The summed E-state index contributed by atoms with van der Waals surface area (Å²) in [6, 6.07) is 7.69. The average molecular weight is 396 g/mol. The minimum absolute atomic E-state index is 0.203. The molecule has 0 atom stereocenters. The van der Waals surface area contributed by atoms with E-state index in [1.54, 1.807) is 17.5 Å². The van der Waals surface area contributed by atoms with Crippen LogP contribution in [0.25, 0.3) is 0 Å². The summed E-state index contributed by atoms with van der Waals surface area (Å²) in [5, 5.41) is 6.74. The third-order valence-electron chi connectivity index (χ3n) is 3.19. The molecule has 0 aliphatic heterocycles. The fourth-order valence-electron chi connectivity index (χ4n) is 1.94. The zero-order valence-electron chi connectivity index (χ0n) is 13.9. The van der Waals surface area contributed by atoms with Crippen LogP contribution in [0.2, 0.25) is 0 Å². The number of carbonyl (C=O) groups excluding carboxylic acids is 3. The zero-order valence-corrected chi connectivity index (χ0v) is 15.5. The van der Waals surface area contributed by atoms with Crippen molar-refractivity contribution in [2.75, 3.05) is 18.2 Å². The van der Waals surface area contributed by atoms with Crippen LogP contribution in [-0.2, 0) is 9.53 Å². The van der Waals surface area contributed by atoms with Gasteiger partial charge in [-0.3, -0.25) is 14.9 Å². The normalized spacial score (nSPS) is 10.2. The quantitative estimate of drug-likeness (QED) is 0.548. The first-order chi connectivity index (χ1) is 12.5. The number of hydrogen-bond donors (Lipinski definition) is 2. The molecule has 9 heteroatoms. The number of rotatable bonds is 7. The van der Waals surface area contributed by atoms with Gasteiger partial charge < -0.3 is 10.1 Å². The Balaban J connectivity index is 1.77. The molecule has 0 bridgehead atoms. The van der Waals surface area contributed by atoms with Crippen molar-refractivity contribution in [1.82, 2.24) is 5.32 Å². The van der Waals surface area contributed by atoms with Crippen molar-refractivity contribution in [2.45, 2.75) is 17.7 Å². The molecular formula is C17H17FN2O4S2. The van der Waals surface area contributed by atoms with Crippen molar-refractivity contribution in [3.63, 3.8) is 0 Å². The highest BCUT2D eigenvalue weighted by molar-refractivity contribution is 7.99.